The molecular formula is C10H27NO3. The SMILES string of the molecule is C1CCOC1.CCCCN.CCO.O. The molecule has 4 heteroatoms. The van der Waals surface area contributed by atoms with E-state index in [1.54, 1.807) is 6.92 Å². The van der Waals surface area contributed by atoms with Gasteiger partial charge < -0.3 is 21.1 Å². The molecule has 0 bridgehead atoms. The van der Waals surface area contributed by atoms with E-state index < -0.39 is 0 Å². The fraction of sp³-hybridized carbons (Fsp3) is 1.00. The summed E-state index contributed by atoms with van der Waals surface area (Å²) < 4.78 is 4.94. The molecule has 0 amide bonds. The highest BCUT2D eigenvalue weighted by Crippen LogP contribution is 1.98. The number of hydrogen-bond acceptors (Lipinski definition) is 3. The molecular weight excluding hydrogens is 182 g/mol. The molecule has 0 aromatic rings. The van der Waals surface area contributed by atoms with Crippen LogP contribution in [0.25, 0.3) is 0 Å². The normalized spacial score (nSPS) is 12.9. The van der Waals surface area contributed by atoms with Crippen molar-refractivity contribution < 1.29 is 15.3 Å². The van der Waals surface area contributed by atoms with Crippen LogP contribution < -0.4 is 5.73 Å². The predicted octanol–water partition coefficient (Wildman–Crippen LogP) is 0.716. The first-order chi connectivity index (χ1) is 6.33. The molecule has 90 valence electrons. The van der Waals surface area contributed by atoms with Crippen LogP contribution in [0.3, 0.4) is 0 Å². The third-order valence-corrected chi connectivity index (χ3v) is 1.39. The molecule has 1 fully saturated rings. The Morgan fingerprint density at radius 3 is 1.71 bits per heavy atom. The minimum atomic E-state index is 0. The van der Waals surface area contributed by atoms with Crippen molar-refractivity contribution in [2.24, 2.45) is 5.73 Å². The fourth-order valence-corrected chi connectivity index (χ4v) is 0.714. The van der Waals surface area contributed by atoms with E-state index >= 15 is 0 Å². The molecule has 0 radical (unpaired) electrons. The van der Waals surface area contributed by atoms with Crippen LogP contribution in [0.1, 0.15) is 39.5 Å². The number of ether oxygens (including phenoxy) is 1. The average Bonchev–Trinajstić information content (AvgIpc) is 2.64. The van der Waals surface area contributed by atoms with E-state index in [1.165, 1.54) is 25.7 Å². The smallest absolute Gasteiger partial charge is 0.0466 e. The van der Waals surface area contributed by atoms with Gasteiger partial charge in [0.25, 0.3) is 0 Å². The number of aliphatic hydroxyl groups excluding tert-OH is 1. The van der Waals surface area contributed by atoms with Gasteiger partial charge in [-0.2, -0.15) is 0 Å². The van der Waals surface area contributed by atoms with Gasteiger partial charge in [0.2, 0.25) is 0 Å². The Hall–Kier alpha value is -0.160. The molecule has 1 saturated heterocycles. The Kier molecular flexibility index (Phi) is 31.9. The summed E-state index contributed by atoms with van der Waals surface area (Å²) in [7, 11) is 0. The zero-order valence-electron chi connectivity index (χ0n) is 9.59. The molecule has 5 N–H and O–H groups in total. The van der Waals surface area contributed by atoms with Crippen molar-refractivity contribution in [1.29, 1.82) is 0 Å². The zero-order chi connectivity index (χ0) is 10.4. The summed E-state index contributed by atoms with van der Waals surface area (Å²) in [6.07, 6.45) is 4.94. The van der Waals surface area contributed by atoms with Crippen molar-refractivity contribution in [3.05, 3.63) is 0 Å². The number of rotatable bonds is 2. The summed E-state index contributed by atoms with van der Waals surface area (Å²) in [4.78, 5) is 0. The van der Waals surface area contributed by atoms with E-state index in [-0.39, 0.29) is 12.1 Å². The Morgan fingerprint density at radius 1 is 1.21 bits per heavy atom. The minimum Gasteiger partial charge on any atom is -0.412 e. The molecule has 14 heavy (non-hydrogen) atoms. The summed E-state index contributed by atoms with van der Waals surface area (Å²) in [5, 5.41) is 7.57. The summed E-state index contributed by atoms with van der Waals surface area (Å²) >= 11 is 0. The van der Waals surface area contributed by atoms with E-state index in [1.807, 2.05) is 0 Å². The van der Waals surface area contributed by atoms with Crippen molar-refractivity contribution in [2.75, 3.05) is 26.4 Å². The topological polar surface area (TPSA) is 87.0 Å². The van der Waals surface area contributed by atoms with Crippen LogP contribution in [-0.2, 0) is 4.74 Å². The number of aliphatic hydroxyl groups is 1. The Bertz CT molecular complexity index is 58.8. The molecule has 0 aromatic carbocycles. The predicted molar refractivity (Wildman–Crippen MR) is 60.4 cm³/mol. The van der Waals surface area contributed by atoms with Gasteiger partial charge in [0, 0.05) is 19.8 Å². The monoisotopic (exact) mass is 209 g/mol. The van der Waals surface area contributed by atoms with Gasteiger partial charge in [-0.25, -0.2) is 0 Å². The summed E-state index contributed by atoms with van der Waals surface area (Å²) in [6.45, 7) is 6.91. The van der Waals surface area contributed by atoms with Crippen LogP contribution in [0, 0.1) is 0 Å². The van der Waals surface area contributed by atoms with E-state index in [0.717, 1.165) is 19.8 Å². The lowest BCUT2D eigenvalue weighted by atomic mass is 10.3. The molecule has 1 heterocycles. The van der Waals surface area contributed by atoms with Gasteiger partial charge in [-0.15, -0.1) is 0 Å². The highest BCUT2D eigenvalue weighted by molar-refractivity contribution is 4.43. The van der Waals surface area contributed by atoms with Crippen molar-refractivity contribution in [3.8, 4) is 0 Å². The van der Waals surface area contributed by atoms with Crippen molar-refractivity contribution in [1.82, 2.24) is 0 Å². The van der Waals surface area contributed by atoms with Gasteiger partial charge in [-0.05, 0) is 32.7 Å². The summed E-state index contributed by atoms with van der Waals surface area (Å²) in [6, 6.07) is 0. The molecule has 0 aromatic heterocycles. The molecule has 0 unspecified atom stereocenters. The molecule has 0 saturated carbocycles. The molecule has 0 spiro atoms. The van der Waals surface area contributed by atoms with Crippen molar-refractivity contribution in [2.45, 2.75) is 39.5 Å². The summed E-state index contributed by atoms with van der Waals surface area (Å²) in [5.41, 5.74) is 5.14. The average molecular weight is 209 g/mol. The van der Waals surface area contributed by atoms with Crippen LogP contribution in [0.4, 0.5) is 0 Å². The summed E-state index contributed by atoms with van der Waals surface area (Å²) in [5.74, 6) is 0. The van der Waals surface area contributed by atoms with Gasteiger partial charge in [0.1, 0.15) is 0 Å². The third kappa shape index (κ3) is 29.7. The molecule has 4 nitrogen and oxygen atoms in total. The van der Waals surface area contributed by atoms with E-state index in [0.29, 0.717) is 0 Å². The number of nitrogens with two attached hydrogens (primary N) is 1. The minimum absolute atomic E-state index is 0. The number of unbranched alkanes of at least 4 members (excludes halogenated alkanes) is 1. The largest absolute Gasteiger partial charge is 0.412 e. The maximum Gasteiger partial charge on any atom is 0.0466 e. The third-order valence-electron chi connectivity index (χ3n) is 1.39. The van der Waals surface area contributed by atoms with Gasteiger partial charge in [-0.1, -0.05) is 13.3 Å². The lowest BCUT2D eigenvalue weighted by Gasteiger charge is -1.80. The van der Waals surface area contributed by atoms with E-state index in [9.17, 15) is 0 Å². The van der Waals surface area contributed by atoms with Crippen LogP contribution in [-0.4, -0.2) is 36.9 Å². The second-order valence-corrected chi connectivity index (χ2v) is 2.78. The maximum atomic E-state index is 7.57. The van der Waals surface area contributed by atoms with Crippen molar-refractivity contribution in [3.63, 3.8) is 0 Å². The molecule has 0 atom stereocenters. The first-order valence-corrected chi connectivity index (χ1v) is 5.22. The van der Waals surface area contributed by atoms with Gasteiger partial charge in [-0.3, -0.25) is 0 Å². The van der Waals surface area contributed by atoms with Crippen LogP contribution in [0.2, 0.25) is 0 Å². The lowest BCUT2D eigenvalue weighted by molar-refractivity contribution is 0.198. The van der Waals surface area contributed by atoms with Gasteiger partial charge >= 0.3 is 0 Å². The fourth-order valence-electron chi connectivity index (χ4n) is 0.714. The van der Waals surface area contributed by atoms with Crippen LogP contribution in [0.15, 0.2) is 0 Å². The van der Waals surface area contributed by atoms with Crippen LogP contribution in [0.5, 0.6) is 0 Å². The van der Waals surface area contributed by atoms with Gasteiger partial charge in [0.05, 0.1) is 0 Å². The maximum absolute atomic E-state index is 7.57. The Morgan fingerprint density at radius 2 is 1.64 bits per heavy atom. The lowest BCUT2D eigenvalue weighted by Crippen LogP contribution is -1.95. The standard InChI is InChI=1S/C4H11N.C4H8O.C2H6O.H2O/c1-2-3-4-5;1-2-4-5-3-1;1-2-3;/h2-5H2,1H3;1-4H2;3H,2H2,1H3;1H2. The quantitative estimate of drug-likeness (QED) is 0.702. The highest BCUT2D eigenvalue weighted by Gasteiger charge is 1.94. The second-order valence-electron chi connectivity index (χ2n) is 2.78. The first-order valence-electron chi connectivity index (χ1n) is 5.22. The van der Waals surface area contributed by atoms with Crippen molar-refractivity contribution >= 4 is 0 Å². The Balaban J connectivity index is -0.000000130. The van der Waals surface area contributed by atoms with Gasteiger partial charge in [0.15, 0.2) is 0 Å². The molecule has 0 aliphatic carbocycles. The molecule has 1 rings (SSSR count). The molecule has 1 aliphatic heterocycles. The first kappa shape index (κ1) is 19.4. The molecule has 1 aliphatic rings. The second kappa shape index (κ2) is 23.0. The zero-order valence-corrected chi connectivity index (χ0v) is 9.59. The Labute approximate surface area is 87.8 Å². The highest BCUT2D eigenvalue weighted by atomic mass is 16.5. The van der Waals surface area contributed by atoms with E-state index in [4.69, 9.17) is 15.6 Å². The van der Waals surface area contributed by atoms with Crippen LogP contribution >= 0.6 is 0 Å². The number of hydrogen-bond donors (Lipinski definition) is 2. The van der Waals surface area contributed by atoms with E-state index in [2.05, 4.69) is 6.92 Å².